The fourth-order valence-electron chi connectivity index (χ4n) is 4.93. The van der Waals surface area contributed by atoms with Crippen LogP contribution in [-0.4, -0.2) is 60.8 Å². The van der Waals surface area contributed by atoms with Crippen molar-refractivity contribution in [2.45, 2.75) is 37.8 Å². The van der Waals surface area contributed by atoms with E-state index in [0.29, 0.717) is 18.5 Å². The smallest absolute Gasteiger partial charge is 0.216 e. The minimum atomic E-state index is -3.35. The molecular weight excluding hydrogens is 324 g/mol. The molecule has 0 spiro atoms. The van der Waals surface area contributed by atoms with E-state index in [1.165, 1.54) is 11.1 Å². The molecule has 3 atom stereocenters. The zero-order valence-corrected chi connectivity index (χ0v) is 14.8. The topological polar surface area (TPSA) is 60.9 Å². The van der Waals surface area contributed by atoms with Gasteiger partial charge in [-0.25, -0.2) is 8.42 Å². The quantitative estimate of drug-likeness (QED) is 0.895. The molecule has 1 aromatic rings. The third kappa shape index (κ3) is 2.79. The molecule has 3 aliphatic rings. The maximum Gasteiger partial charge on any atom is 0.216 e. The number of sulfonamides is 1. The highest BCUT2D eigenvalue weighted by atomic mass is 32.2. The second-order valence-electron chi connectivity index (χ2n) is 7.32. The van der Waals surface area contributed by atoms with Gasteiger partial charge in [-0.3, -0.25) is 4.90 Å². The van der Waals surface area contributed by atoms with E-state index in [0.717, 1.165) is 38.8 Å². The second kappa shape index (κ2) is 6.41. The molecule has 2 fully saturated rings. The fraction of sp³-hybridized carbons (Fsp3) is 0.667. The van der Waals surface area contributed by atoms with Gasteiger partial charge in [0, 0.05) is 31.7 Å². The first-order valence-electron chi connectivity index (χ1n) is 9.02. The molecule has 132 valence electrons. The third-order valence-corrected chi connectivity index (χ3v) is 7.90. The predicted molar refractivity (Wildman–Crippen MR) is 93.2 cm³/mol. The van der Waals surface area contributed by atoms with Crippen LogP contribution in [0, 0.1) is 5.92 Å². The van der Waals surface area contributed by atoms with Crippen molar-refractivity contribution < 1.29 is 13.5 Å². The van der Waals surface area contributed by atoms with Crippen molar-refractivity contribution in [2.75, 3.05) is 32.0 Å². The summed E-state index contributed by atoms with van der Waals surface area (Å²) in [5, 5.41) is 9.13. The summed E-state index contributed by atoms with van der Waals surface area (Å²) in [5.74, 6) is 0.273. The van der Waals surface area contributed by atoms with Gasteiger partial charge < -0.3 is 5.11 Å². The average molecular weight is 350 g/mol. The van der Waals surface area contributed by atoms with Crippen LogP contribution < -0.4 is 0 Å². The first-order chi connectivity index (χ1) is 11.6. The Labute approximate surface area is 144 Å². The van der Waals surface area contributed by atoms with Crippen LogP contribution in [0.3, 0.4) is 0 Å². The van der Waals surface area contributed by atoms with Gasteiger partial charge in [0.25, 0.3) is 0 Å². The van der Waals surface area contributed by atoms with Crippen molar-refractivity contribution in [1.29, 1.82) is 0 Å². The van der Waals surface area contributed by atoms with Gasteiger partial charge in [-0.15, -0.1) is 0 Å². The number of aliphatic hydroxyl groups excluding tert-OH is 1. The average Bonchev–Trinajstić information content (AvgIpc) is 2.59. The standard InChI is InChI=1S/C18H26N2O3S/c21-10-11-24(22,23)20-8-3-5-15-13-19-9-7-14-4-1-2-6-16(14)18(19)12-17(15)20/h1-2,4,6,15,17-18,21H,3,5,7-13H2/t15-,17+,18+/m1/s1. The second-order valence-corrected chi connectivity index (χ2v) is 9.36. The summed E-state index contributed by atoms with van der Waals surface area (Å²) >= 11 is 0. The van der Waals surface area contributed by atoms with Crippen molar-refractivity contribution in [1.82, 2.24) is 9.21 Å². The Morgan fingerprint density at radius 3 is 2.88 bits per heavy atom. The summed E-state index contributed by atoms with van der Waals surface area (Å²) < 4.78 is 26.9. The van der Waals surface area contributed by atoms with Gasteiger partial charge in [-0.05, 0) is 42.7 Å². The molecule has 0 amide bonds. The Morgan fingerprint density at radius 2 is 2.04 bits per heavy atom. The Morgan fingerprint density at radius 1 is 1.21 bits per heavy atom. The van der Waals surface area contributed by atoms with Crippen molar-refractivity contribution >= 4 is 10.0 Å². The van der Waals surface area contributed by atoms with E-state index in [1.54, 1.807) is 4.31 Å². The van der Waals surface area contributed by atoms with Crippen LogP contribution >= 0.6 is 0 Å². The van der Waals surface area contributed by atoms with E-state index in [-0.39, 0.29) is 18.4 Å². The van der Waals surface area contributed by atoms with E-state index < -0.39 is 10.0 Å². The minimum absolute atomic E-state index is 0.0858. The van der Waals surface area contributed by atoms with Gasteiger partial charge in [0.15, 0.2) is 0 Å². The predicted octanol–water partition coefficient (Wildman–Crippen LogP) is 1.39. The molecule has 0 aromatic heterocycles. The lowest BCUT2D eigenvalue weighted by Crippen LogP contribution is -2.57. The van der Waals surface area contributed by atoms with Crippen LogP contribution in [0.25, 0.3) is 0 Å². The Balaban J connectivity index is 1.64. The molecule has 0 aliphatic carbocycles. The van der Waals surface area contributed by atoms with Gasteiger partial charge in [0.2, 0.25) is 10.0 Å². The lowest BCUT2D eigenvalue weighted by molar-refractivity contribution is 0.0219. The molecule has 0 radical (unpaired) electrons. The monoisotopic (exact) mass is 350 g/mol. The van der Waals surface area contributed by atoms with Gasteiger partial charge >= 0.3 is 0 Å². The van der Waals surface area contributed by atoms with Crippen LogP contribution in [0.5, 0.6) is 0 Å². The van der Waals surface area contributed by atoms with E-state index >= 15 is 0 Å². The van der Waals surface area contributed by atoms with Gasteiger partial charge in [-0.1, -0.05) is 24.3 Å². The molecule has 0 unspecified atom stereocenters. The summed E-state index contributed by atoms with van der Waals surface area (Å²) in [6.45, 7) is 2.38. The number of rotatable bonds is 3. The highest BCUT2D eigenvalue weighted by Crippen LogP contribution is 2.43. The number of aliphatic hydroxyl groups is 1. The van der Waals surface area contributed by atoms with Gasteiger partial charge in [-0.2, -0.15) is 4.31 Å². The lowest BCUT2D eigenvalue weighted by Gasteiger charge is -2.51. The summed E-state index contributed by atoms with van der Waals surface area (Å²) in [6, 6.07) is 9.03. The Bertz CT molecular complexity index is 706. The maximum absolute atomic E-state index is 12.6. The van der Waals surface area contributed by atoms with E-state index in [4.69, 9.17) is 5.11 Å². The zero-order valence-electron chi connectivity index (χ0n) is 14.0. The normalized spacial score (nSPS) is 31.1. The summed E-state index contributed by atoms with van der Waals surface area (Å²) in [6.07, 6.45) is 4.02. The van der Waals surface area contributed by atoms with Crippen molar-refractivity contribution in [3.05, 3.63) is 35.4 Å². The van der Waals surface area contributed by atoms with E-state index in [2.05, 4.69) is 29.2 Å². The van der Waals surface area contributed by atoms with E-state index in [1.807, 2.05) is 0 Å². The Kier molecular flexibility index (Phi) is 4.41. The summed E-state index contributed by atoms with van der Waals surface area (Å²) in [7, 11) is -3.35. The van der Waals surface area contributed by atoms with Crippen LogP contribution in [0.2, 0.25) is 0 Å². The largest absolute Gasteiger partial charge is 0.395 e. The number of benzene rings is 1. The molecule has 3 aliphatic heterocycles. The Hall–Kier alpha value is -0.950. The first kappa shape index (κ1) is 16.5. The highest BCUT2D eigenvalue weighted by molar-refractivity contribution is 7.89. The molecule has 1 N–H and O–H groups in total. The number of piperidine rings is 2. The third-order valence-electron chi connectivity index (χ3n) is 6.03. The minimum Gasteiger partial charge on any atom is -0.395 e. The molecule has 0 bridgehead atoms. The maximum atomic E-state index is 12.6. The molecular formula is C18H26N2O3S. The number of hydrogen-bond acceptors (Lipinski definition) is 4. The molecule has 3 heterocycles. The molecule has 1 aromatic carbocycles. The van der Waals surface area contributed by atoms with Crippen LogP contribution in [0.1, 0.15) is 36.4 Å². The van der Waals surface area contributed by atoms with Crippen LogP contribution in [0.15, 0.2) is 24.3 Å². The number of nitrogens with zero attached hydrogens (tertiary/aromatic N) is 2. The van der Waals surface area contributed by atoms with E-state index in [9.17, 15) is 8.42 Å². The van der Waals surface area contributed by atoms with Crippen molar-refractivity contribution in [3.8, 4) is 0 Å². The number of fused-ring (bicyclic) bond motifs is 4. The molecule has 6 heteroatoms. The molecule has 5 nitrogen and oxygen atoms in total. The summed E-state index contributed by atoms with van der Waals surface area (Å²) in [4.78, 5) is 2.56. The molecule has 2 saturated heterocycles. The molecule has 4 rings (SSSR count). The summed E-state index contributed by atoms with van der Waals surface area (Å²) in [5.41, 5.74) is 2.80. The molecule has 0 saturated carbocycles. The fourth-order valence-corrected chi connectivity index (χ4v) is 6.47. The van der Waals surface area contributed by atoms with Crippen LogP contribution in [0.4, 0.5) is 0 Å². The van der Waals surface area contributed by atoms with Gasteiger partial charge in [0.1, 0.15) is 0 Å². The van der Waals surface area contributed by atoms with Crippen molar-refractivity contribution in [3.63, 3.8) is 0 Å². The first-order valence-corrected chi connectivity index (χ1v) is 10.6. The highest BCUT2D eigenvalue weighted by Gasteiger charge is 2.45. The SMILES string of the molecule is O=S(=O)(CCO)N1CCC[C@@H]2CN3CCc4ccccc4[C@@H]3C[C@@H]21. The van der Waals surface area contributed by atoms with Gasteiger partial charge in [0.05, 0.1) is 12.4 Å². The van der Waals surface area contributed by atoms with Crippen LogP contribution in [-0.2, 0) is 16.4 Å². The number of hydrogen-bond donors (Lipinski definition) is 1. The zero-order chi connectivity index (χ0) is 16.7. The molecule has 24 heavy (non-hydrogen) atoms. The lowest BCUT2D eigenvalue weighted by atomic mass is 9.77. The van der Waals surface area contributed by atoms with Crippen molar-refractivity contribution in [2.24, 2.45) is 5.92 Å².